The molecule has 2 rings (SSSR count). The second kappa shape index (κ2) is 13.7. The molecule has 0 aliphatic carbocycles. The topological polar surface area (TPSA) is 72.8 Å². The highest BCUT2D eigenvalue weighted by molar-refractivity contribution is 8.22. The van der Waals surface area contributed by atoms with Crippen LogP contribution in [0.1, 0.15) is 68.8 Å². The van der Waals surface area contributed by atoms with E-state index in [0.717, 1.165) is 60.7 Å². The number of methoxy groups -OCH3 is 1. The molecular formula is C24H36O5S3. The fourth-order valence-electron chi connectivity index (χ4n) is 3.76. The van der Waals surface area contributed by atoms with Gasteiger partial charge in [-0.15, -0.1) is 23.5 Å². The van der Waals surface area contributed by atoms with E-state index in [1.807, 2.05) is 41.4 Å². The van der Waals surface area contributed by atoms with Crippen LogP contribution in [-0.4, -0.2) is 57.2 Å². The first-order chi connectivity index (χ1) is 15.3. The van der Waals surface area contributed by atoms with Crippen LogP contribution in [-0.2, 0) is 11.2 Å². The molecule has 2 unspecified atom stereocenters. The summed E-state index contributed by atoms with van der Waals surface area (Å²) in [4.78, 5) is 22.6. The number of carboxylic acids is 1. The molecule has 1 N–H and O–H groups in total. The summed E-state index contributed by atoms with van der Waals surface area (Å²) in [6, 6.07) is 3.70. The quantitative estimate of drug-likeness (QED) is 0.226. The predicted molar refractivity (Wildman–Crippen MR) is 138 cm³/mol. The number of benzene rings is 1. The van der Waals surface area contributed by atoms with Gasteiger partial charge in [-0.25, -0.2) is 0 Å². The molecule has 0 amide bonds. The van der Waals surface area contributed by atoms with E-state index in [1.54, 1.807) is 20.1 Å². The molecule has 8 heteroatoms. The molecule has 1 heterocycles. The minimum Gasteiger partial charge on any atom is -0.496 e. The lowest BCUT2D eigenvalue weighted by molar-refractivity contribution is -0.137. The first-order valence-electron chi connectivity index (χ1n) is 11.2. The molecular weight excluding hydrogens is 464 g/mol. The Morgan fingerprint density at radius 3 is 2.75 bits per heavy atom. The second-order valence-corrected chi connectivity index (χ2v) is 12.9. The normalized spacial score (nSPS) is 20.3. The number of Topliss-reactive ketones (excluding diaryl/α,β-unsaturated/α-hetero) is 1. The van der Waals surface area contributed by atoms with Crippen molar-refractivity contribution in [3.63, 3.8) is 0 Å². The van der Waals surface area contributed by atoms with Crippen molar-refractivity contribution in [1.29, 1.82) is 0 Å². The summed E-state index contributed by atoms with van der Waals surface area (Å²) in [6.45, 7) is 6.57. The molecule has 1 aromatic rings. The molecule has 1 aliphatic rings. The van der Waals surface area contributed by atoms with Crippen molar-refractivity contribution >= 4 is 47.0 Å². The molecule has 0 aromatic heterocycles. The molecule has 32 heavy (non-hydrogen) atoms. The Labute approximate surface area is 205 Å². The van der Waals surface area contributed by atoms with Crippen LogP contribution in [0.3, 0.4) is 0 Å². The number of aliphatic carboxylic acids is 1. The van der Waals surface area contributed by atoms with E-state index >= 15 is 0 Å². The van der Waals surface area contributed by atoms with E-state index in [4.69, 9.17) is 14.6 Å². The van der Waals surface area contributed by atoms with Gasteiger partial charge in [0.2, 0.25) is 0 Å². The second-order valence-electron chi connectivity index (χ2n) is 8.14. The van der Waals surface area contributed by atoms with Crippen molar-refractivity contribution in [1.82, 2.24) is 0 Å². The minimum absolute atomic E-state index is 0.00285. The molecule has 1 aromatic carbocycles. The van der Waals surface area contributed by atoms with E-state index in [0.29, 0.717) is 23.2 Å². The smallest absolute Gasteiger partial charge is 0.303 e. The highest BCUT2D eigenvalue weighted by atomic mass is 32.2. The highest BCUT2D eigenvalue weighted by Crippen LogP contribution is 2.51. The van der Waals surface area contributed by atoms with E-state index in [-0.39, 0.29) is 16.3 Å². The van der Waals surface area contributed by atoms with Gasteiger partial charge in [-0.2, -0.15) is 11.8 Å². The molecule has 5 nitrogen and oxygen atoms in total. The third kappa shape index (κ3) is 8.41. The van der Waals surface area contributed by atoms with Gasteiger partial charge >= 0.3 is 5.97 Å². The van der Waals surface area contributed by atoms with Crippen LogP contribution in [0.15, 0.2) is 12.1 Å². The molecule has 0 radical (unpaired) electrons. The number of ether oxygens (including phenoxy) is 2. The summed E-state index contributed by atoms with van der Waals surface area (Å²) in [6.07, 6.45) is 4.70. The number of carbonyl (C=O) groups excluding carboxylic acids is 1. The number of carboxylic acid groups (broad SMARTS) is 1. The van der Waals surface area contributed by atoms with Gasteiger partial charge in [0.15, 0.2) is 5.78 Å². The number of carbonyl (C=O) groups is 2. The van der Waals surface area contributed by atoms with E-state index in [1.165, 1.54) is 0 Å². The third-order valence-electron chi connectivity index (χ3n) is 5.31. The maximum Gasteiger partial charge on any atom is 0.303 e. The Hall–Kier alpha value is -0.990. The van der Waals surface area contributed by atoms with Crippen molar-refractivity contribution in [3.05, 3.63) is 23.3 Å². The number of thioether (sulfide) groups is 3. The zero-order chi connectivity index (χ0) is 23.6. The van der Waals surface area contributed by atoms with Gasteiger partial charge in [-0.3, -0.25) is 9.59 Å². The van der Waals surface area contributed by atoms with Crippen molar-refractivity contribution in [3.8, 4) is 11.5 Å². The highest BCUT2D eigenvalue weighted by Gasteiger charge is 2.36. The van der Waals surface area contributed by atoms with Crippen LogP contribution in [0.25, 0.3) is 0 Å². The lowest BCUT2D eigenvalue weighted by atomic mass is 10.0. The van der Waals surface area contributed by atoms with E-state index < -0.39 is 5.97 Å². The van der Waals surface area contributed by atoms with Gasteiger partial charge in [-0.1, -0.05) is 13.3 Å². The zero-order valence-electron chi connectivity index (χ0n) is 19.6. The summed E-state index contributed by atoms with van der Waals surface area (Å²) in [5, 5.41) is 9.46. The van der Waals surface area contributed by atoms with E-state index in [9.17, 15) is 9.59 Å². The number of hydrogen-bond donors (Lipinski definition) is 1. The summed E-state index contributed by atoms with van der Waals surface area (Å²) < 4.78 is 11.8. The van der Waals surface area contributed by atoms with Gasteiger partial charge in [0.1, 0.15) is 11.5 Å². The summed E-state index contributed by atoms with van der Waals surface area (Å²) in [7, 11) is 1.61. The van der Waals surface area contributed by atoms with Crippen LogP contribution in [0, 0.1) is 0 Å². The lowest BCUT2D eigenvalue weighted by Gasteiger charge is -2.22. The van der Waals surface area contributed by atoms with Crippen LogP contribution in [0.5, 0.6) is 11.5 Å². The molecule has 1 saturated heterocycles. The first-order valence-corrected chi connectivity index (χ1v) is 14.3. The van der Waals surface area contributed by atoms with Crippen LogP contribution >= 0.6 is 35.3 Å². The van der Waals surface area contributed by atoms with Gasteiger partial charge in [0, 0.05) is 28.7 Å². The largest absolute Gasteiger partial charge is 0.496 e. The van der Waals surface area contributed by atoms with Gasteiger partial charge < -0.3 is 14.6 Å². The monoisotopic (exact) mass is 500 g/mol. The van der Waals surface area contributed by atoms with Crippen LogP contribution in [0.4, 0.5) is 0 Å². The standard InChI is InChI=1S/C24H36O5S3/c1-5-8-20-21(11-10-19(17(2)25)23(20)28-4)29-13-7-14-30-15-18-16-31-24(3,32-18)12-6-9-22(26)27/h10-11,18H,5-9,12-16H2,1-4H3,(H,26,27). The van der Waals surface area contributed by atoms with Crippen molar-refractivity contribution in [2.45, 2.75) is 68.6 Å². The van der Waals surface area contributed by atoms with E-state index in [2.05, 4.69) is 13.8 Å². The number of rotatable bonds is 15. The van der Waals surface area contributed by atoms with Crippen molar-refractivity contribution in [2.75, 3.05) is 31.0 Å². The van der Waals surface area contributed by atoms with Crippen LogP contribution in [0.2, 0.25) is 0 Å². The fraction of sp³-hybridized carbons (Fsp3) is 0.667. The Morgan fingerprint density at radius 2 is 2.09 bits per heavy atom. The summed E-state index contributed by atoms with van der Waals surface area (Å²) in [5.41, 5.74) is 1.60. The molecule has 0 saturated carbocycles. The Morgan fingerprint density at radius 1 is 1.31 bits per heavy atom. The average Bonchev–Trinajstić information content (AvgIpc) is 3.11. The zero-order valence-corrected chi connectivity index (χ0v) is 22.1. The lowest BCUT2D eigenvalue weighted by Crippen LogP contribution is -2.13. The third-order valence-corrected chi connectivity index (χ3v) is 10.3. The maximum absolute atomic E-state index is 11.9. The predicted octanol–water partition coefficient (Wildman–Crippen LogP) is 6.17. The first kappa shape index (κ1) is 27.3. The summed E-state index contributed by atoms with van der Waals surface area (Å²) in [5.74, 6) is 4.07. The molecule has 0 bridgehead atoms. The molecule has 1 fully saturated rings. The molecule has 0 spiro atoms. The van der Waals surface area contributed by atoms with Crippen molar-refractivity contribution in [2.24, 2.45) is 0 Å². The maximum atomic E-state index is 11.9. The van der Waals surface area contributed by atoms with Gasteiger partial charge in [-0.05, 0) is 57.4 Å². The molecule has 2 atom stereocenters. The fourth-order valence-corrected chi connectivity index (χ4v) is 8.62. The Kier molecular flexibility index (Phi) is 11.6. The Balaban J connectivity index is 1.73. The molecule has 1 aliphatic heterocycles. The molecule has 180 valence electrons. The van der Waals surface area contributed by atoms with Crippen LogP contribution < -0.4 is 9.47 Å². The Bertz CT molecular complexity index is 770. The average molecular weight is 501 g/mol. The van der Waals surface area contributed by atoms with Gasteiger partial charge in [0.05, 0.1) is 23.4 Å². The SMILES string of the molecule is CCCc1c(OCCCSCC2CSC(C)(CCCC(=O)O)S2)ccc(C(C)=O)c1OC. The number of hydrogen-bond acceptors (Lipinski definition) is 7. The number of ketones is 1. The summed E-state index contributed by atoms with van der Waals surface area (Å²) >= 11 is 5.96. The van der Waals surface area contributed by atoms with Crippen molar-refractivity contribution < 1.29 is 24.2 Å². The minimum atomic E-state index is -0.703. The van der Waals surface area contributed by atoms with Gasteiger partial charge in [0.25, 0.3) is 0 Å².